The molecule has 2 aromatic carbocycles. The molecule has 0 aliphatic carbocycles. The van der Waals surface area contributed by atoms with Crippen LogP contribution < -0.4 is 5.32 Å². The Morgan fingerprint density at radius 3 is 2.25 bits per heavy atom. The van der Waals surface area contributed by atoms with Gasteiger partial charge < -0.3 is 5.32 Å². The maximum atomic E-state index is 6.16. The van der Waals surface area contributed by atoms with E-state index >= 15 is 0 Å². The van der Waals surface area contributed by atoms with Gasteiger partial charge in [0.15, 0.2) is 0 Å². The van der Waals surface area contributed by atoms with Crippen LogP contribution in [0.15, 0.2) is 54.6 Å². The molecule has 20 heavy (non-hydrogen) atoms. The second kappa shape index (κ2) is 7.47. The first-order valence-corrected chi connectivity index (χ1v) is 7.67. The standard InChI is InChI=1S/C18H22ClN/c1-3-17(14-9-6-5-7-10-14)18(20-4-2)15-11-8-12-16(19)13-15/h5-13,17-18,20H,3-4H2,1-2H3. The molecule has 1 nitrogen and oxygen atoms in total. The fraction of sp³-hybridized carbons (Fsp3) is 0.333. The lowest BCUT2D eigenvalue weighted by atomic mass is 9.85. The molecular weight excluding hydrogens is 266 g/mol. The number of nitrogens with one attached hydrogen (secondary N) is 1. The molecule has 0 amide bonds. The highest BCUT2D eigenvalue weighted by Crippen LogP contribution is 2.34. The molecular formula is C18H22ClN. The summed E-state index contributed by atoms with van der Waals surface area (Å²) >= 11 is 6.16. The van der Waals surface area contributed by atoms with Crippen molar-refractivity contribution >= 4 is 11.6 Å². The molecule has 2 unspecified atom stereocenters. The van der Waals surface area contributed by atoms with Crippen LogP contribution in [-0.2, 0) is 0 Å². The lowest BCUT2D eigenvalue weighted by Crippen LogP contribution is -2.26. The topological polar surface area (TPSA) is 12.0 Å². The summed E-state index contributed by atoms with van der Waals surface area (Å²) in [6.07, 6.45) is 1.09. The molecule has 0 radical (unpaired) electrons. The lowest BCUT2D eigenvalue weighted by Gasteiger charge is -2.28. The Morgan fingerprint density at radius 1 is 0.950 bits per heavy atom. The van der Waals surface area contributed by atoms with Crippen LogP contribution in [0.5, 0.6) is 0 Å². The van der Waals surface area contributed by atoms with Crippen molar-refractivity contribution in [2.75, 3.05) is 6.54 Å². The maximum absolute atomic E-state index is 6.16. The summed E-state index contributed by atoms with van der Waals surface area (Å²) in [6.45, 7) is 5.34. The zero-order valence-electron chi connectivity index (χ0n) is 12.1. The highest BCUT2D eigenvalue weighted by molar-refractivity contribution is 6.30. The van der Waals surface area contributed by atoms with Gasteiger partial charge in [-0.15, -0.1) is 0 Å². The van der Waals surface area contributed by atoms with E-state index in [0.29, 0.717) is 12.0 Å². The molecule has 2 heteroatoms. The third-order valence-corrected chi connectivity index (χ3v) is 3.94. The van der Waals surface area contributed by atoms with Gasteiger partial charge in [-0.3, -0.25) is 0 Å². The molecule has 0 fully saturated rings. The molecule has 106 valence electrons. The fourth-order valence-corrected chi connectivity index (χ4v) is 2.98. The van der Waals surface area contributed by atoms with Gasteiger partial charge in [-0.25, -0.2) is 0 Å². The van der Waals surface area contributed by atoms with Crippen LogP contribution in [0.25, 0.3) is 0 Å². The summed E-state index contributed by atoms with van der Waals surface area (Å²) in [4.78, 5) is 0. The summed E-state index contributed by atoms with van der Waals surface area (Å²) in [5.74, 6) is 0.453. The van der Waals surface area contributed by atoms with E-state index in [4.69, 9.17) is 11.6 Å². The first-order valence-electron chi connectivity index (χ1n) is 7.30. The predicted molar refractivity (Wildman–Crippen MR) is 87.3 cm³/mol. The van der Waals surface area contributed by atoms with Crippen molar-refractivity contribution in [2.45, 2.75) is 32.2 Å². The van der Waals surface area contributed by atoms with Crippen molar-refractivity contribution in [2.24, 2.45) is 0 Å². The van der Waals surface area contributed by atoms with E-state index in [9.17, 15) is 0 Å². The Kier molecular flexibility index (Phi) is 5.63. The number of hydrogen-bond donors (Lipinski definition) is 1. The van der Waals surface area contributed by atoms with Crippen molar-refractivity contribution in [3.8, 4) is 0 Å². The summed E-state index contributed by atoms with van der Waals surface area (Å²) in [6, 6.07) is 19.2. The zero-order chi connectivity index (χ0) is 14.4. The zero-order valence-corrected chi connectivity index (χ0v) is 12.9. The van der Waals surface area contributed by atoms with Crippen LogP contribution in [0.4, 0.5) is 0 Å². The summed E-state index contributed by atoms with van der Waals surface area (Å²) in [5.41, 5.74) is 2.64. The van der Waals surface area contributed by atoms with Gasteiger partial charge in [-0.05, 0) is 36.2 Å². The van der Waals surface area contributed by atoms with E-state index in [1.165, 1.54) is 11.1 Å². The SMILES string of the molecule is CCNC(c1cccc(Cl)c1)C(CC)c1ccccc1. The molecule has 0 saturated heterocycles. The van der Waals surface area contributed by atoms with Crippen LogP contribution in [0, 0.1) is 0 Å². The molecule has 0 heterocycles. The number of likely N-dealkylation sites (N-methyl/N-ethyl adjacent to an activating group) is 1. The fourth-order valence-electron chi connectivity index (χ4n) is 2.78. The van der Waals surface area contributed by atoms with Crippen molar-refractivity contribution < 1.29 is 0 Å². The molecule has 2 atom stereocenters. The van der Waals surface area contributed by atoms with Gasteiger partial charge in [0.05, 0.1) is 0 Å². The highest BCUT2D eigenvalue weighted by Gasteiger charge is 2.22. The molecule has 2 rings (SSSR count). The number of halogens is 1. The molecule has 0 bridgehead atoms. The quantitative estimate of drug-likeness (QED) is 0.771. The Balaban J connectivity index is 2.35. The minimum Gasteiger partial charge on any atom is -0.310 e. The molecule has 0 aliphatic heterocycles. The van der Waals surface area contributed by atoms with Gasteiger partial charge in [0.25, 0.3) is 0 Å². The number of benzene rings is 2. The van der Waals surface area contributed by atoms with E-state index in [1.807, 2.05) is 12.1 Å². The van der Waals surface area contributed by atoms with Gasteiger partial charge in [0.1, 0.15) is 0 Å². The van der Waals surface area contributed by atoms with Crippen LogP contribution >= 0.6 is 11.6 Å². The summed E-state index contributed by atoms with van der Waals surface area (Å²) in [5, 5.41) is 4.42. The van der Waals surface area contributed by atoms with Gasteiger partial charge in [0, 0.05) is 17.0 Å². The van der Waals surface area contributed by atoms with Crippen LogP contribution in [0.1, 0.15) is 43.4 Å². The average molecular weight is 288 g/mol. The molecule has 2 aromatic rings. The molecule has 0 spiro atoms. The first kappa shape index (κ1) is 15.1. The Labute approximate surface area is 127 Å². The van der Waals surface area contributed by atoms with Crippen LogP contribution in [0.2, 0.25) is 5.02 Å². The maximum Gasteiger partial charge on any atom is 0.0409 e. The average Bonchev–Trinajstić information content (AvgIpc) is 2.48. The predicted octanol–water partition coefficient (Wildman–Crippen LogP) is 5.18. The highest BCUT2D eigenvalue weighted by atomic mass is 35.5. The Bertz CT molecular complexity index is 524. The molecule has 0 saturated carbocycles. The van der Waals surface area contributed by atoms with Crippen molar-refractivity contribution in [1.29, 1.82) is 0 Å². The van der Waals surface area contributed by atoms with E-state index in [-0.39, 0.29) is 0 Å². The largest absolute Gasteiger partial charge is 0.310 e. The van der Waals surface area contributed by atoms with E-state index in [1.54, 1.807) is 0 Å². The molecule has 0 aliphatic rings. The van der Waals surface area contributed by atoms with Gasteiger partial charge in [-0.1, -0.05) is 67.9 Å². The lowest BCUT2D eigenvalue weighted by molar-refractivity contribution is 0.445. The summed E-state index contributed by atoms with van der Waals surface area (Å²) < 4.78 is 0. The second-order valence-corrected chi connectivity index (χ2v) is 5.45. The first-order chi connectivity index (χ1) is 9.76. The van der Waals surface area contributed by atoms with Crippen LogP contribution in [-0.4, -0.2) is 6.54 Å². The number of rotatable bonds is 6. The van der Waals surface area contributed by atoms with E-state index < -0.39 is 0 Å². The Hall–Kier alpha value is -1.31. The van der Waals surface area contributed by atoms with Crippen LogP contribution in [0.3, 0.4) is 0 Å². The second-order valence-electron chi connectivity index (χ2n) is 5.02. The third kappa shape index (κ3) is 3.62. The van der Waals surface area contributed by atoms with E-state index in [0.717, 1.165) is 18.0 Å². The Morgan fingerprint density at radius 2 is 1.65 bits per heavy atom. The monoisotopic (exact) mass is 287 g/mol. The third-order valence-electron chi connectivity index (χ3n) is 3.70. The van der Waals surface area contributed by atoms with E-state index in [2.05, 4.69) is 61.6 Å². The minimum atomic E-state index is 0.297. The van der Waals surface area contributed by atoms with Gasteiger partial charge in [0.2, 0.25) is 0 Å². The molecule has 0 aromatic heterocycles. The van der Waals surface area contributed by atoms with Crippen molar-refractivity contribution in [1.82, 2.24) is 5.32 Å². The van der Waals surface area contributed by atoms with Gasteiger partial charge in [-0.2, -0.15) is 0 Å². The molecule has 1 N–H and O–H groups in total. The van der Waals surface area contributed by atoms with Crippen molar-refractivity contribution in [3.05, 3.63) is 70.7 Å². The van der Waals surface area contributed by atoms with Crippen molar-refractivity contribution in [3.63, 3.8) is 0 Å². The summed E-state index contributed by atoms with van der Waals surface area (Å²) in [7, 11) is 0. The number of hydrogen-bond acceptors (Lipinski definition) is 1. The van der Waals surface area contributed by atoms with Gasteiger partial charge >= 0.3 is 0 Å². The smallest absolute Gasteiger partial charge is 0.0409 e. The minimum absolute atomic E-state index is 0.297. The normalized spacial score (nSPS) is 13.9.